The number of carbonyl (C=O) groups excluding carboxylic acids is 3. The van der Waals surface area contributed by atoms with Gasteiger partial charge >= 0.3 is 0 Å². The minimum Gasteiger partial charge on any atom is -0.350 e. The highest BCUT2D eigenvalue weighted by molar-refractivity contribution is 6.53. The van der Waals surface area contributed by atoms with Crippen LogP contribution in [0.1, 0.15) is 11.1 Å². The average molecular weight is 515 g/mol. The van der Waals surface area contributed by atoms with Crippen molar-refractivity contribution < 1.29 is 14.4 Å². The lowest BCUT2D eigenvalue weighted by molar-refractivity contribution is -0.120. The Morgan fingerprint density at radius 3 is 2.18 bits per heavy atom. The summed E-state index contributed by atoms with van der Waals surface area (Å²) >= 11 is 18.2. The fourth-order valence-corrected chi connectivity index (χ4v) is 3.95. The Labute approximate surface area is 211 Å². The molecule has 9 heteroatoms. The molecular formula is C25H18Cl3N3O3. The van der Waals surface area contributed by atoms with E-state index >= 15 is 0 Å². The molecule has 2 N–H and O–H groups in total. The Morgan fingerprint density at radius 1 is 0.853 bits per heavy atom. The van der Waals surface area contributed by atoms with Crippen molar-refractivity contribution in [2.24, 2.45) is 0 Å². The van der Waals surface area contributed by atoms with Crippen LogP contribution >= 0.6 is 34.8 Å². The van der Waals surface area contributed by atoms with Crippen LogP contribution in [0.4, 0.5) is 17.1 Å². The predicted molar refractivity (Wildman–Crippen MR) is 135 cm³/mol. The number of carbonyl (C=O) groups is 3. The SMILES string of the molecule is Cc1c(Cl)cccc1N1C(=O)C(Cl)=C(Nc2ccc(CC(=O)Nc3ccc(Cl)cc3)cc2)C1=O. The van der Waals surface area contributed by atoms with Crippen molar-refractivity contribution in [2.45, 2.75) is 13.3 Å². The van der Waals surface area contributed by atoms with Crippen LogP contribution in [0.5, 0.6) is 0 Å². The number of benzene rings is 3. The van der Waals surface area contributed by atoms with Crippen LogP contribution in [0.15, 0.2) is 77.5 Å². The van der Waals surface area contributed by atoms with E-state index < -0.39 is 11.8 Å². The van der Waals surface area contributed by atoms with Gasteiger partial charge in [-0.05, 0) is 66.6 Å². The van der Waals surface area contributed by atoms with Gasteiger partial charge in [-0.15, -0.1) is 0 Å². The number of nitrogens with zero attached hydrogens (tertiary/aromatic N) is 1. The van der Waals surface area contributed by atoms with Crippen molar-refractivity contribution >= 4 is 69.6 Å². The highest BCUT2D eigenvalue weighted by Gasteiger charge is 2.39. The minimum atomic E-state index is -0.630. The zero-order chi connectivity index (χ0) is 24.4. The predicted octanol–water partition coefficient (Wildman–Crippen LogP) is 5.92. The molecule has 0 radical (unpaired) electrons. The number of hydrogen-bond donors (Lipinski definition) is 2. The molecule has 0 spiro atoms. The first-order valence-corrected chi connectivity index (χ1v) is 11.3. The lowest BCUT2D eigenvalue weighted by Crippen LogP contribution is -2.32. The van der Waals surface area contributed by atoms with Crippen LogP contribution in [0.25, 0.3) is 0 Å². The maximum Gasteiger partial charge on any atom is 0.283 e. The standard InChI is InChI=1S/C25H18Cl3N3O3/c1-14-19(27)3-2-4-20(14)31-24(33)22(28)23(25(31)34)30-18-9-5-15(6-10-18)13-21(32)29-17-11-7-16(26)8-12-17/h2-12,30H,13H2,1H3,(H,29,32). The van der Waals surface area contributed by atoms with Gasteiger partial charge in [-0.3, -0.25) is 14.4 Å². The van der Waals surface area contributed by atoms with Crippen LogP contribution in [0.3, 0.4) is 0 Å². The number of amides is 3. The molecule has 0 saturated heterocycles. The summed E-state index contributed by atoms with van der Waals surface area (Å²) < 4.78 is 0. The largest absolute Gasteiger partial charge is 0.350 e. The van der Waals surface area contributed by atoms with E-state index in [4.69, 9.17) is 34.8 Å². The summed E-state index contributed by atoms with van der Waals surface area (Å²) in [6, 6.07) is 18.7. The van der Waals surface area contributed by atoms with Crippen molar-refractivity contribution in [2.75, 3.05) is 15.5 Å². The minimum absolute atomic E-state index is 0.0285. The number of anilines is 3. The van der Waals surface area contributed by atoms with Gasteiger partial charge in [0.25, 0.3) is 11.8 Å². The number of rotatable bonds is 6. The van der Waals surface area contributed by atoms with Gasteiger partial charge in [-0.25, -0.2) is 4.90 Å². The highest BCUT2D eigenvalue weighted by Crippen LogP contribution is 2.34. The molecule has 3 amide bonds. The third-order valence-electron chi connectivity index (χ3n) is 5.22. The molecule has 3 aromatic rings. The Balaban J connectivity index is 1.44. The van der Waals surface area contributed by atoms with Crippen LogP contribution < -0.4 is 15.5 Å². The highest BCUT2D eigenvalue weighted by atomic mass is 35.5. The number of imide groups is 1. The fourth-order valence-electron chi connectivity index (χ4n) is 3.44. The van der Waals surface area contributed by atoms with Gasteiger partial charge in [0.1, 0.15) is 10.7 Å². The second kappa shape index (κ2) is 9.89. The number of hydrogen-bond acceptors (Lipinski definition) is 4. The van der Waals surface area contributed by atoms with Crippen LogP contribution in [0, 0.1) is 6.92 Å². The molecule has 3 aromatic carbocycles. The Kier molecular flexibility index (Phi) is 6.93. The van der Waals surface area contributed by atoms with E-state index in [1.807, 2.05) is 0 Å². The van der Waals surface area contributed by atoms with Crippen molar-refractivity contribution in [3.05, 3.63) is 98.6 Å². The summed E-state index contributed by atoms with van der Waals surface area (Å²) in [5, 5.41) is 6.53. The molecule has 6 nitrogen and oxygen atoms in total. The number of nitrogens with one attached hydrogen (secondary N) is 2. The third kappa shape index (κ3) is 4.94. The zero-order valence-corrected chi connectivity index (χ0v) is 20.1. The fraction of sp³-hybridized carbons (Fsp3) is 0.0800. The molecule has 0 aromatic heterocycles. The second-order valence-corrected chi connectivity index (χ2v) is 8.79. The van der Waals surface area contributed by atoms with E-state index in [1.165, 1.54) is 0 Å². The van der Waals surface area contributed by atoms with E-state index in [1.54, 1.807) is 73.7 Å². The molecule has 0 bridgehead atoms. The maximum atomic E-state index is 13.0. The zero-order valence-electron chi connectivity index (χ0n) is 17.9. The van der Waals surface area contributed by atoms with Crippen molar-refractivity contribution in [1.82, 2.24) is 0 Å². The molecule has 0 saturated carbocycles. The Bertz CT molecular complexity index is 1320. The molecule has 4 rings (SSSR count). The van der Waals surface area contributed by atoms with Crippen LogP contribution in [-0.4, -0.2) is 17.7 Å². The van der Waals surface area contributed by atoms with Gasteiger partial charge in [-0.2, -0.15) is 0 Å². The van der Waals surface area contributed by atoms with Gasteiger partial charge in [-0.1, -0.05) is 53.0 Å². The molecular weight excluding hydrogens is 497 g/mol. The molecule has 0 unspecified atom stereocenters. The van der Waals surface area contributed by atoms with Crippen molar-refractivity contribution in [1.29, 1.82) is 0 Å². The molecule has 0 aliphatic carbocycles. The first-order valence-electron chi connectivity index (χ1n) is 10.2. The Morgan fingerprint density at radius 2 is 1.50 bits per heavy atom. The summed E-state index contributed by atoms with van der Waals surface area (Å²) in [6.07, 6.45) is 0.158. The summed E-state index contributed by atoms with van der Waals surface area (Å²) in [5.74, 6) is -1.39. The van der Waals surface area contributed by atoms with Crippen molar-refractivity contribution in [3.8, 4) is 0 Å². The monoisotopic (exact) mass is 513 g/mol. The van der Waals surface area contributed by atoms with E-state index in [9.17, 15) is 14.4 Å². The van der Waals surface area contributed by atoms with E-state index in [0.29, 0.717) is 32.7 Å². The smallest absolute Gasteiger partial charge is 0.283 e. The Hall–Kier alpha value is -3.32. The normalized spacial score (nSPS) is 13.5. The molecule has 172 valence electrons. The quantitative estimate of drug-likeness (QED) is 0.400. The molecule has 0 fully saturated rings. The van der Waals surface area contributed by atoms with Gasteiger partial charge in [0.2, 0.25) is 5.91 Å². The maximum absolute atomic E-state index is 13.0. The van der Waals surface area contributed by atoms with Crippen molar-refractivity contribution in [3.63, 3.8) is 0 Å². The lowest BCUT2D eigenvalue weighted by atomic mass is 10.1. The van der Waals surface area contributed by atoms with E-state index in [-0.39, 0.29) is 23.1 Å². The third-order valence-corrected chi connectivity index (χ3v) is 6.24. The summed E-state index contributed by atoms with van der Waals surface area (Å²) in [6.45, 7) is 1.72. The molecule has 34 heavy (non-hydrogen) atoms. The first-order chi connectivity index (χ1) is 16.2. The second-order valence-electron chi connectivity index (χ2n) is 7.57. The van der Waals surface area contributed by atoms with Gasteiger partial charge in [0.05, 0.1) is 12.1 Å². The average Bonchev–Trinajstić information content (AvgIpc) is 3.02. The molecule has 1 heterocycles. The van der Waals surface area contributed by atoms with E-state index in [0.717, 1.165) is 10.5 Å². The molecule has 1 aliphatic rings. The van der Waals surface area contributed by atoms with Crippen LogP contribution in [0.2, 0.25) is 10.0 Å². The van der Waals surface area contributed by atoms with E-state index in [2.05, 4.69) is 10.6 Å². The summed E-state index contributed by atoms with van der Waals surface area (Å²) in [7, 11) is 0. The molecule has 1 aliphatic heterocycles. The van der Waals surface area contributed by atoms with Gasteiger partial charge < -0.3 is 10.6 Å². The van der Waals surface area contributed by atoms with Crippen LogP contribution in [-0.2, 0) is 20.8 Å². The topological polar surface area (TPSA) is 78.5 Å². The van der Waals surface area contributed by atoms with Gasteiger partial charge in [0, 0.05) is 21.4 Å². The summed E-state index contributed by atoms with van der Waals surface area (Å²) in [5.41, 5.74) is 2.90. The molecule has 0 atom stereocenters. The van der Waals surface area contributed by atoms with Gasteiger partial charge in [0.15, 0.2) is 0 Å². The first kappa shape index (κ1) is 23.8. The lowest BCUT2D eigenvalue weighted by Gasteiger charge is -2.18. The summed E-state index contributed by atoms with van der Waals surface area (Å²) in [4.78, 5) is 39.0. The number of halogens is 3.